The molecule has 1 N–H and O–H groups in total. The van der Waals surface area contributed by atoms with E-state index in [1.165, 1.54) is 24.1 Å². The van der Waals surface area contributed by atoms with Crippen molar-refractivity contribution >= 4 is 11.3 Å². The van der Waals surface area contributed by atoms with Crippen LogP contribution in [0.3, 0.4) is 0 Å². The highest BCUT2D eigenvalue weighted by atomic mass is 32.1. The molecule has 2 nitrogen and oxygen atoms in total. The molecule has 0 radical (unpaired) electrons. The Bertz CT molecular complexity index is 248. The molecular formula is C13H23NOS. The van der Waals surface area contributed by atoms with Gasteiger partial charge in [0.05, 0.1) is 6.61 Å². The maximum absolute atomic E-state index is 5.02. The smallest absolute Gasteiger partial charge is 0.0587 e. The minimum Gasteiger partial charge on any atom is -0.383 e. The highest BCUT2D eigenvalue weighted by Gasteiger charge is 2.06. The lowest BCUT2D eigenvalue weighted by molar-refractivity contribution is 0.197. The Morgan fingerprint density at radius 1 is 1.50 bits per heavy atom. The van der Waals surface area contributed by atoms with E-state index in [1.54, 1.807) is 7.11 Å². The van der Waals surface area contributed by atoms with Gasteiger partial charge < -0.3 is 10.1 Å². The third-order valence-corrected chi connectivity index (χ3v) is 3.81. The quantitative estimate of drug-likeness (QED) is 0.671. The van der Waals surface area contributed by atoms with Gasteiger partial charge in [0.25, 0.3) is 0 Å². The van der Waals surface area contributed by atoms with E-state index in [9.17, 15) is 0 Å². The van der Waals surface area contributed by atoms with Crippen LogP contribution in [0.25, 0.3) is 0 Å². The van der Waals surface area contributed by atoms with Gasteiger partial charge in [-0.15, -0.1) is 11.3 Å². The fraction of sp³-hybridized carbons (Fsp3) is 0.692. The Labute approximate surface area is 103 Å². The largest absolute Gasteiger partial charge is 0.383 e. The first-order valence-corrected chi connectivity index (χ1v) is 6.96. The first kappa shape index (κ1) is 13.7. The molecule has 92 valence electrons. The third kappa shape index (κ3) is 5.64. The molecule has 0 amide bonds. The van der Waals surface area contributed by atoms with Gasteiger partial charge in [-0.3, -0.25) is 0 Å². The van der Waals surface area contributed by atoms with E-state index in [0.717, 1.165) is 25.6 Å². The Hall–Kier alpha value is -0.380. The van der Waals surface area contributed by atoms with Crippen LogP contribution in [0.2, 0.25) is 0 Å². The number of nitrogens with one attached hydrogen (secondary N) is 1. The number of thiophene rings is 1. The van der Waals surface area contributed by atoms with Crippen LogP contribution < -0.4 is 5.32 Å². The van der Waals surface area contributed by atoms with Gasteiger partial charge in [0, 0.05) is 18.5 Å². The van der Waals surface area contributed by atoms with Crippen molar-refractivity contribution in [3.63, 3.8) is 0 Å². The Balaban J connectivity index is 2.11. The number of hydrogen-bond acceptors (Lipinski definition) is 3. The molecule has 1 aromatic heterocycles. The Kier molecular flexibility index (Phi) is 7.47. The van der Waals surface area contributed by atoms with Crippen molar-refractivity contribution in [1.29, 1.82) is 0 Å². The Morgan fingerprint density at radius 3 is 3.00 bits per heavy atom. The topological polar surface area (TPSA) is 21.3 Å². The molecule has 0 saturated carbocycles. The predicted octanol–water partition coefficient (Wildman–Crippen LogP) is 2.94. The van der Waals surface area contributed by atoms with Crippen molar-refractivity contribution in [1.82, 2.24) is 5.32 Å². The van der Waals surface area contributed by atoms with E-state index >= 15 is 0 Å². The lowest BCUT2D eigenvalue weighted by Crippen LogP contribution is -2.26. The summed E-state index contributed by atoms with van der Waals surface area (Å²) in [5.74, 6) is 0.791. The Morgan fingerprint density at radius 2 is 2.38 bits per heavy atom. The average molecular weight is 241 g/mol. The van der Waals surface area contributed by atoms with Gasteiger partial charge in [0.15, 0.2) is 0 Å². The normalized spacial score (nSPS) is 12.9. The second-order valence-corrected chi connectivity index (χ2v) is 5.12. The molecule has 0 aliphatic rings. The molecule has 1 unspecified atom stereocenters. The van der Waals surface area contributed by atoms with E-state index in [2.05, 4.69) is 29.8 Å². The zero-order valence-corrected chi connectivity index (χ0v) is 11.2. The molecule has 0 aliphatic carbocycles. The van der Waals surface area contributed by atoms with Crippen LogP contribution in [0, 0.1) is 5.92 Å². The second kappa shape index (κ2) is 8.74. The predicted molar refractivity (Wildman–Crippen MR) is 71.2 cm³/mol. The molecule has 0 aliphatic heterocycles. The number of ether oxygens (including phenoxy) is 1. The van der Waals surface area contributed by atoms with Gasteiger partial charge >= 0.3 is 0 Å². The first-order chi connectivity index (χ1) is 7.86. The number of hydrogen-bond donors (Lipinski definition) is 1. The summed E-state index contributed by atoms with van der Waals surface area (Å²) in [7, 11) is 1.75. The molecular weight excluding hydrogens is 218 g/mol. The van der Waals surface area contributed by atoms with E-state index in [-0.39, 0.29) is 0 Å². The van der Waals surface area contributed by atoms with Crippen molar-refractivity contribution < 1.29 is 4.74 Å². The summed E-state index contributed by atoms with van der Waals surface area (Å²) in [6.07, 6.45) is 3.77. The fourth-order valence-corrected chi connectivity index (χ4v) is 2.46. The summed E-state index contributed by atoms with van der Waals surface area (Å²) < 4.78 is 5.02. The summed E-state index contributed by atoms with van der Waals surface area (Å²) in [6, 6.07) is 4.37. The van der Waals surface area contributed by atoms with E-state index in [0.29, 0.717) is 0 Å². The molecule has 0 aromatic carbocycles. The summed E-state index contributed by atoms with van der Waals surface area (Å²) >= 11 is 1.87. The zero-order valence-electron chi connectivity index (χ0n) is 10.4. The number of aryl methyl sites for hydroxylation is 1. The molecule has 0 saturated heterocycles. The van der Waals surface area contributed by atoms with Crippen molar-refractivity contribution in [3.05, 3.63) is 22.4 Å². The van der Waals surface area contributed by atoms with Crippen molar-refractivity contribution in [2.45, 2.75) is 26.2 Å². The van der Waals surface area contributed by atoms with Crippen LogP contribution in [0.1, 0.15) is 24.6 Å². The fourth-order valence-electron chi connectivity index (χ4n) is 1.73. The van der Waals surface area contributed by atoms with Crippen LogP contribution in [-0.2, 0) is 11.2 Å². The number of methoxy groups -OCH3 is 1. The zero-order chi connectivity index (χ0) is 11.6. The van der Waals surface area contributed by atoms with Crippen LogP contribution >= 0.6 is 11.3 Å². The number of rotatable bonds is 9. The van der Waals surface area contributed by atoms with Crippen LogP contribution in [-0.4, -0.2) is 26.8 Å². The van der Waals surface area contributed by atoms with Crippen molar-refractivity contribution in [2.75, 3.05) is 26.8 Å². The molecule has 0 bridgehead atoms. The van der Waals surface area contributed by atoms with Gasteiger partial charge in [-0.25, -0.2) is 0 Å². The van der Waals surface area contributed by atoms with Crippen LogP contribution in [0.4, 0.5) is 0 Å². The van der Waals surface area contributed by atoms with Gasteiger partial charge in [-0.2, -0.15) is 0 Å². The highest BCUT2D eigenvalue weighted by Crippen LogP contribution is 2.16. The van der Waals surface area contributed by atoms with E-state index in [1.807, 2.05) is 11.3 Å². The highest BCUT2D eigenvalue weighted by molar-refractivity contribution is 7.09. The van der Waals surface area contributed by atoms with Crippen molar-refractivity contribution in [2.24, 2.45) is 5.92 Å². The van der Waals surface area contributed by atoms with Crippen LogP contribution in [0.15, 0.2) is 17.5 Å². The molecule has 3 heteroatoms. The first-order valence-electron chi connectivity index (χ1n) is 6.08. The standard InChI is InChI=1S/C13H23NOS/c1-3-12(11-14-8-9-15-2)6-7-13-5-4-10-16-13/h4-5,10,12,14H,3,6-9,11H2,1-2H3. The lowest BCUT2D eigenvalue weighted by atomic mass is 10.00. The maximum Gasteiger partial charge on any atom is 0.0587 e. The van der Waals surface area contributed by atoms with Crippen molar-refractivity contribution in [3.8, 4) is 0 Å². The van der Waals surface area contributed by atoms with Crippen LogP contribution in [0.5, 0.6) is 0 Å². The van der Waals surface area contributed by atoms with Gasteiger partial charge in [0.1, 0.15) is 0 Å². The molecule has 1 heterocycles. The monoisotopic (exact) mass is 241 g/mol. The second-order valence-electron chi connectivity index (χ2n) is 4.09. The maximum atomic E-state index is 5.02. The minimum atomic E-state index is 0.791. The minimum absolute atomic E-state index is 0.791. The molecule has 1 rings (SSSR count). The lowest BCUT2D eigenvalue weighted by Gasteiger charge is -2.15. The summed E-state index contributed by atoms with van der Waals surface area (Å²) in [5, 5.41) is 5.61. The molecule has 1 aromatic rings. The molecule has 0 spiro atoms. The van der Waals surface area contributed by atoms with Gasteiger partial charge in [-0.05, 0) is 36.8 Å². The SMILES string of the molecule is CCC(CCc1cccs1)CNCCOC. The molecule has 0 fully saturated rings. The summed E-state index contributed by atoms with van der Waals surface area (Å²) in [6.45, 7) is 5.16. The van der Waals surface area contributed by atoms with E-state index < -0.39 is 0 Å². The molecule has 1 atom stereocenters. The van der Waals surface area contributed by atoms with Gasteiger partial charge in [-0.1, -0.05) is 19.4 Å². The summed E-state index contributed by atoms with van der Waals surface area (Å²) in [4.78, 5) is 1.51. The third-order valence-electron chi connectivity index (χ3n) is 2.87. The summed E-state index contributed by atoms with van der Waals surface area (Å²) in [5.41, 5.74) is 0. The average Bonchev–Trinajstić information content (AvgIpc) is 2.81. The molecule has 16 heavy (non-hydrogen) atoms. The van der Waals surface area contributed by atoms with E-state index in [4.69, 9.17) is 4.74 Å². The van der Waals surface area contributed by atoms with Gasteiger partial charge in [0.2, 0.25) is 0 Å².